The van der Waals surface area contributed by atoms with Crippen LogP contribution in [-0.2, 0) is 6.54 Å². The molecule has 170 valence electrons. The van der Waals surface area contributed by atoms with E-state index in [-0.39, 0.29) is 11.7 Å². The molecule has 5 rings (SSSR count). The molecule has 1 unspecified atom stereocenters. The number of nitrogens with zero attached hydrogens (tertiary/aromatic N) is 3. The van der Waals surface area contributed by atoms with Crippen LogP contribution in [0.15, 0.2) is 79.0 Å². The summed E-state index contributed by atoms with van der Waals surface area (Å²) in [7, 11) is 0. The van der Waals surface area contributed by atoms with Crippen LogP contribution in [0.1, 0.15) is 5.56 Å². The normalized spacial score (nSPS) is 12.1. The molecule has 34 heavy (non-hydrogen) atoms. The van der Waals surface area contributed by atoms with Crippen LogP contribution in [0.3, 0.4) is 0 Å². The van der Waals surface area contributed by atoms with Crippen LogP contribution in [0.4, 0.5) is 5.82 Å². The van der Waals surface area contributed by atoms with E-state index in [1.54, 1.807) is 12.3 Å². The zero-order chi connectivity index (χ0) is 23.5. The lowest BCUT2D eigenvalue weighted by molar-refractivity contribution is 0.162. The van der Waals surface area contributed by atoms with Crippen LogP contribution in [0, 0.1) is 0 Å². The molecule has 8 nitrogen and oxygen atoms in total. The first kappa shape index (κ1) is 21.8. The Balaban J connectivity index is 1.50. The summed E-state index contributed by atoms with van der Waals surface area (Å²) in [6, 6.07) is 22.8. The number of hydrogen-bond donors (Lipinski definition) is 5. The van der Waals surface area contributed by atoms with E-state index in [1.165, 1.54) is 0 Å². The van der Waals surface area contributed by atoms with E-state index >= 15 is 0 Å². The topological polar surface area (TPSA) is 119 Å². The van der Waals surface area contributed by atoms with Crippen molar-refractivity contribution in [1.82, 2.24) is 25.5 Å². The van der Waals surface area contributed by atoms with Crippen molar-refractivity contribution in [2.24, 2.45) is 0 Å². The lowest BCUT2D eigenvalue weighted by Gasteiger charge is -2.18. The number of halogens is 1. The van der Waals surface area contributed by atoms with Gasteiger partial charge in [0.2, 0.25) is 0 Å². The van der Waals surface area contributed by atoms with Gasteiger partial charge < -0.3 is 15.5 Å². The Morgan fingerprint density at radius 2 is 1.62 bits per heavy atom. The van der Waals surface area contributed by atoms with E-state index in [0.29, 0.717) is 28.5 Å². The predicted octanol–water partition coefficient (Wildman–Crippen LogP) is 4.52. The first-order valence-corrected chi connectivity index (χ1v) is 11.0. The number of H-pyrrole nitrogens is 1. The molecule has 5 aromatic rings. The molecule has 0 aliphatic carbocycles. The lowest BCUT2D eigenvalue weighted by Crippen LogP contribution is -2.35. The van der Waals surface area contributed by atoms with Gasteiger partial charge in [-0.25, -0.2) is 9.97 Å². The summed E-state index contributed by atoms with van der Waals surface area (Å²) < 4.78 is 0. The minimum absolute atomic E-state index is 0.0474. The first-order valence-electron chi connectivity index (χ1n) is 10.6. The maximum Gasteiger partial charge on any atom is 0.255 e. The molecular formula is C25H21ClN6O2. The molecule has 0 fully saturated rings. The summed E-state index contributed by atoms with van der Waals surface area (Å²) in [6.45, 7) is 0.427. The second-order valence-corrected chi connectivity index (χ2v) is 8.07. The predicted molar refractivity (Wildman–Crippen MR) is 132 cm³/mol. The van der Waals surface area contributed by atoms with Crippen LogP contribution in [0.5, 0.6) is 5.88 Å². The fraction of sp³-hybridized carbons (Fsp3) is 0.0800. The van der Waals surface area contributed by atoms with Crippen molar-refractivity contribution in [2.45, 2.75) is 12.9 Å². The quantitative estimate of drug-likeness (QED) is 0.221. The Morgan fingerprint density at radius 1 is 0.912 bits per heavy atom. The van der Waals surface area contributed by atoms with Gasteiger partial charge >= 0.3 is 0 Å². The van der Waals surface area contributed by atoms with Crippen molar-refractivity contribution in [3.05, 3.63) is 89.6 Å². The third-order valence-corrected chi connectivity index (χ3v) is 5.61. The second kappa shape index (κ2) is 9.48. The van der Waals surface area contributed by atoms with Gasteiger partial charge in [0.1, 0.15) is 5.69 Å². The largest absolute Gasteiger partial charge is 0.491 e. The molecule has 3 aromatic carbocycles. The number of nitrogens with one attached hydrogen (secondary N) is 3. The van der Waals surface area contributed by atoms with Crippen LogP contribution < -0.4 is 10.6 Å². The van der Waals surface area contributed by atoms with Gasteiger partial charge in [0.15, 0.2) is 12.2 Å². The average Bonchev–Trinajstić information content (AvgIpc) is 3.34. The number of hydrogen-bond acceptors (Lipinski definition) is 7. The number of aromatic amines is 1. The Bertz CT molecular complexity index is 1430. The van der Waals surface area contributed by atoms with Crippen molar-refractivity contribution in [2.75, 3.05) is 5.32 Å². The number of aromatic hydroxyl groups is 1. The summed E-state index contributed by atoms with van der Waals surface area (Å²) in [5.74, 6) is -0.301. The third kappa shape index (κ3) is 4.55. The molecule has 0 aliphatic rings. The van der Waals surface area contributed by atoms with Gasteiger partial charge in [0, 0.05) is 23.1 Å². The SMILES string of the molecule is Oc1nc(-c2cc(Cl)c3[nH]ncc3c2)c(-c2ccccc2)nc1NC(O)NCc1ccccc1. The standard InChI is InChI=1S/C25H21ClN6O2/c26-19-12-17(11-18-14-28-32-20(18)19)22-21(16-9-5-2-6-10-16)29-23(24(33)30-22)31-25(34)27-13-15-7-3-1-4-8-15/h1-12,14,25,27,34H,13H2,(H,28,32)(H,29,31)(H,30,33). The Morgan fingerprint density at radius 3 is 2.38 bits per heavy atom. The summed E-state index contributed by atoms with van der Waals surface area (Å²) in [4.78, 5) is 9.05. The van der Waals surface area contributed by atoms with Gasteiger partial charge in [0.05, 0.1) is 22.4 Å². The number of rotatable bonds is 7. The van der Waals surface area contributed by atoms with Crippen molar-refractivity contribution in [3.63, 3.8) is 0 Å². The molecule has 2 heterocycles. The molecule has 0 amide bonds. The molecule has 0 aliphatic heterocycles. The van der Waals surface area contributed by atoms with E-state index < -0.39 is 6.35 Å². The molecule has 0 bridgehead atoms. The number of aromatic nitrogens is 4. The Hall–Kier alpha value is -3.98. The zero-order valence-electron chi connectivity index (χ0n) is 17.9. The average molecular weight is 473 g/mol. The number of anilines is 1. The zero-order valence-corrected chi connectivity index (χ0v) is 18.7. The highest BCUT2D eigenvalue weighted by atomic mass is 35.5. The first-order chi connectivity index (χ1) is 16.6. The third-order valence-electron chi connectivity index (χ3n) is 5.31. The van der Waals surface area contributed by atoms with Crippen molar-refractivity contribution in [1.29, 1.82) is 0 Å². The van der Waals surface area contributed by atoms with Gasteiger partial charge in [-0.3, -0.25) is 10.4 Å². The maximum absolute atomic E-state index is 10.7. The highest BCUT2D eigenvalue weighted by Crippen LogP contribution is 2.36. The molecule has 1 atom stereocenters. The van der Waals surface area contributed by atoms with E-state index in [2.05, 4.69) is 30.8 Å². The maximum atomic E-state index is 10.7. The smallest absolute Gasteiger partial charge is 0.255 e. The summed E-state index contributed by atoms with van der Waals surface area (Å²) in [5.41, 5.74) is 4.17. The number of benzene rings is 3. The summed E-state index contributed by atoms with van der Waals surface area (Å²) in [5, 5.41) is 35.0. The fourth-order valence-corrected chi connectivity index (χ4v) is 3.93. The molecule has 9 heteroatoms. The van der Waals surface area contributed by atoms with Crippen LogP contribution in [0.25, 0.3) is 33.4 Å². The van der Waals surface area contributed by atoms with Crippen LogP contribution in [-0.4, -0.2) is 36.7 Å². The van der Waals surface area contributed by atoms with Crippen molar-refractivity contribution in [3.8, 4) is 28.4 Å². The molecular weight excluding hydrogens is 452 g/mol. The van der Waals surface area contributed by atoms with Crippen LogP contribution in [0.2, 0.25) is 5.02 Å². The minimum Gasteiger partial charge on any atom is -0.491 e. The van der Waals surface area contributed by atoms with E-state index in [9.17, 15) is 10.2 Å². The molecule has 0 radical (unpaired) electrons. The molecule has 0 spiro atoms. The van der Waals surface area contributed by atoms with Gasteiger partial charge in [-0.05, 0) is 17.7 Å². The highest BCUT2D eigenvalue weighted by Gasteiger charge is 2.19. The van der Waals surface area contributed by atoms with Gasteiger partial charge in [-0.1, -0.05) is 72.3 Å². The summed E-state index contributed by atoms with van der Waals surface area (Å²) >= 11 is 6.44. The number of aliphatic hydroxyl groups is 1. The summed E-state index contributed by atoms with van der Waals surface area (Å²) in [6.07, 6.45) is 0.511. The second-order valence-electron chi connectivity index (χ2n) is 7.66. The molecule has 0 saturated heterocycles. The highest BCUT2D eigenvalue weighted by molar-refractivity contribution is 6.35. The number of aliphatic hydroxyl groups excluding tert-OH is 1. The fourth-order valence-electron chi connectivity index (χ4n) is 3.66. The number of fused-ring (bicyclic) bond motifs is 1. The minimum atomic E-state index is -1.16. The molecule has 2 aromatic heterocycles. The van der Waals surface area contributed by atoms with Gasteiger partial charge in [-0.2, -0.15) is 5.10 Å². The van der Waals surface area contributed by atoms with E-state index in [0.717, 1.165) is 22.0 Å². The van der Waals surface area contributed by atoms with Gasteiger partial charge in [-0.15, -0.1) is 0 Å². The lowest BCUT2D eigenvalue weighted by atomic mass is 10.0. The molecule has 5 N–H and O–H groups in total. The van der Waals surface area contributed by atoms with Crippen LogP contribution >= 0.6 is 11.6 Å². The molecule has 0 saturated carbocycles. The van der Waals surface area contributed by atoms with E-state index in [1.807, 2.05) is 66.7 Å². The monoisotopic (exact) mass is 472 g/mol. The van der Waals surface area contributed by atoms with Crippen molar-refractivity contribution >= 4 is 28.3 Å². The Kier molecular flexibility index (Phi) is 6.09. The Labute approximate surface area is 200 Å². The van der Waals surface area contributed by atoms with Crippen molar-refractivity contribution < 1.29 is 10.2 Å². The van der Waals surface area contributed by atoms with E-state index in [4.69, 9.17) is 11.6 Å². The van der Waals surface area contributed by atoms with Gasteiger partial charge in [0.25, 0.3) is 5.88 Å².